The van der Waals surface area contributed by atoms with Gasteiger partial charge < -0.3 is 21.8 Å². The molecule has 0 amide bonds. The molecule has 7 nitrogen and oxygen atoms in total. The zero-order chi connectivity index (χ0) is 8.57. The first kappa shape index (κ1) is 11.8. The van der Waals surface area contributed by atoms with E-state index in [9.17, 15) is 0 Å². The maximum atomic E-state index is 8.42. The minimum absolute atomic E-state index is 0.260. The molecule has 0 heterocycles. The molecule has 6 N–H and O–H groups in total. The molecular weight excluding hydrogens is 142 g/mol. The molecule has 0 spiro atoms. The van der Waals surface area contributed by atoms with E-state index in [1.165, 1.54) is 0 Å². The van der Waals surface area contributed by atoms with Crippen LogP contribution in [0, 0.1) is 10.1 Å². The van der Waals surface area contributed by atoms with Crippen molar-refractivity contribution in [2.24, 2.45) is 11.5 Å². The number of nitrogens with zero attached hydrogens (tertiary/aromatic N) is 1. The minimum atomic E-state index is -1.50. The second-order valence-electron chi connectivity index (χ2n) is 1.36. The lowest BCUT2D eigenvalue weighted by atomic mass is 10.4. The summed E-state index contributed by atoms with van der Waals surface area (Å²) < 4.78 is 0. The van der Waals surface area contributed by atoms with Crippen molar-refractivity contribution in [1.29, 1.82) is 0 Å². The van der Waals surface area contributed by atoms with Crippen LogP contribution in [-0.2, 0) is 0 Å². The zero-order valence-corrected chi connectivity index (χ0v) is 5.30. The van der Waals surface area contributed by atoms with Crippen LogP contribution >= 0.6 is 0 Å². The lowest BCUT2D eigenvalue weighted by Gasteiger charge is -1.98. The fourth-order valence-corrected chi connectivity index (χ4v) is 0.0962. The van der Waals surface area contributed by atoms with E-state index in [0.29, 0.717) is 0 Å². The number of aliphatic hydroxyl groups is 1. The number of hydrogen-bond donors (Lipinski definition) is 4. The van der Waals surface area contributed by atoms with E-state index in [4.69, 9.17) is 31.9 Å². The van der Waals surface area contributed by atoms with E-state index in [0.717, 1.165) is 0 Å². The summed E-state index contributed by atoms with van der Waals surface area (Å²) in [5.74, 6) is 0. The van der Waals surface area contributed by atoms with Crippen LogP contribution in [0.3, 0.4) is 0 Å². The summed E-state index contributed by atoms with van der Waals surface area (Å²) in [4.78, 5) is 8.36. The van der Waals surface area contributed by atoms with Gasteiger partial charge in [-0.3, -0.25) is 0 Å². The topological polar surface area (TPSA) is 136 Å². The Kier molecular flexibility index (Phi) is 9.56. The van der Waals surface area contributed by atoms with Gasteiger partial charge in [-0.15, -0.1) is 10.1 Å². The van der Waals surface area contributed by atoms with E-state index >= 15 is 0 Å². The van der Waals surface area contributed by atoms with E-state index in [1.807, 2.05) is 0 Å². The molecule has 0 saturated heterocycles. The minimum Gasteiger partial charge on any atom is -0.390 e. The van der Waals surface area contributed by atoms with Crippen molar-refractivity contribution in [3.63, 3.8) is 0 Å². The normalized spacial score (nSPS) is 8.40. The van der Waals surface area contributed by atoms with Gasteiger partial charge in [-0.25, -0.2) is 0 Å². The third kappa shape index (κ3) is 27.6. The smallest absolute Gasteiger partial charge is 0.291 e. The van der Waals surface area contributed by atoms with Crippen LogP contribution in [-0.4, -0.2) is 34.6 Å². The van der Waals surface area contributed by atoms with Gasteiger partial charge in [0.15, 0.2) is 0 Å². The molecule has 0 aromatic heterocycles. The number of aliphatic hydroxyl groups excluding tert-OH is 1. The molecule has 0 aromatic rings. The van der Waals surface area contributed by atoms with Crippen LogP contribution in [0.15, 0.2) is 0 Å². The second kappa shape index (κ2) is 8.08. The lowest BCUT2D eigenvalue weighted by molar-refractivity contribution is -0.742. The molecule has 0 atom stereocenters. The second-order valence-corrected chi connectivity index (χ2v) is 1.36. The quantitative estimate of drug-likeness (QED) is 0.265. The SMILES string of the molecule is NCC(O)CN.O=[N+]([O-])O. The highest BCUT2D eigenvalue weighted by Gasteiger charge is 1.91. The first-order valence-electron chi connectivity index (χ1n) is 2.46. The Balaban J connectivity index is 0. The van der Waals surface area contributed by atoms with Crippen LogP contribution < -0.4 is 11.5 Å². The van der Waals surface area contributed by atoms with Gasteiger partial charge in [0, 0.05) is 13.1 Å². The molecule has 10 heavy (non-hydrogen) atoms. The molecule has 7 heteroatoms. The molecule has 0 aliphatic carbocycles. The maximum absolute atomic E-state index is 8.42. The van der Waals surface area contributed by atoms with Crippen molar-refractivity contribution in [2.45, 2.75) is 6.10 Å². The third-order valence-corrected chi connectivity index (χ3v) is 0.544. The van der Waals surface area contributed by atoms with E-state index in [1.54, 1.807) is 0 Å². The van der Waals surface area contributed by atoms with Crippen molar-refractivity contribution in [2.75, 3.05) is 13.1 Å². The molecule has 0 radical (unpaired) electrons. The summed E-state index contributed by atoms with van der Waals surface area (Å²) in [6, 6.07) is 0. The fraction of sp³-hybridized carbons (Fsp3) is 1.00. The Morgan fingerprint density at radius 2 is 1.70 bits per heavy atom. The molecule has 0 rings (SSSR count). The Hall–Kier alpha value is -0.920. The monoisotopic (exact) mass is 153 g/mol. The van der Waals surface area contributed by atoms with Gasteiger partial charge in [-0.1, -0.05) is 0 Å². The Morgan fingerprint density at radius 3 is 1.70 bits per heavy atom. The van der Waals surface area contributed by atoms with Crippen molar-refractivity contribution in [3.05, 3.63) is 10.1 Å². The summed E-state index contributed by atoms with van der Waals surface area (Å²) in [6.45, 7) is 0.521. The van der Waals surface area contributed by atoms with Crippen LogP contribution in [0.25, 0.3) is 0 Å². The van der Waals surface area contributed by atoms with Crippen LogP contribution in [0.4, 0.5) is 0 Å². The van der Waals surface area contributed by atoms with Gasteiger partial charge in [0.25, 0.3) is 5.09 Å². The standard InChI is InChI=1S/C3H10N2O.HNO3/c4-1-3(6)2-5;2-1(3)4/h3,6H,1-2,4-5H2;(H,2,3,4). The summed E-state index contributed by atoms with van der Waals surface area (Å²) in [5.41, 5.74) is 9.91. The Morgan fingerprint density at radius 1 is 1.50 bits per heavy atom. The van der Waals surface area contributed by atoms with Crippen LogP contribution in [0.5, 0.6) is 0 Å². The third-order valence-electron chi connectivity index (χ3n) is 0.544. The summed E-state index contributed by atoms with van der Waals surface area (Å²) in [7, 11) is 0. The number of hydrogen-bond acceptors (Lipinski definition) is 5. The first-order chi connectivity index (χ1) is 4.54. The van der Waals surface area contributed by atoms with Crippen molar-refractivity contribution < 1.29 is 15.4 Å². The largest absolute Gasteiger partial charge is 0.390 e. The molecule has 0 unspecified atom stereocenters. The summed E-state index contributed by atoms with van der Waals surface area (Å²) in [6.07, 6.45) is -0.509. The van der Waals surface area contributed by atoms with Gasteiger partial charge in [-0.2, -0.15) is 0 Å². The molecule has 0 fully saturated rings. The van der Waals surface area contributed by atoms with Crippen molar-refractivity contribution in [1.82, 2.24) is 0 Å². The van der Waals surface area contributed by atoms with Gasteiger partial charge in [-0.05, 0) is 0 Å². The number of nitrogens with two attached hydrogens (primary N) is 2. The highest BCUT2D eigenvalue weighted by Crippen LogP contribution is 1.66. The molecule has 0 saturated carbocycles. The van der Waals surface area contributed by atoms with Gasteiger partial charge >= 0.3 is 0 Å². The Bertz CT molecular complexity index is 79.8. The predicted octanol–water partition coefficient (Wildman–Crippen LogP) is -2.08. The first-order valence-corrected chi connectivity index (χ1v) is 2.46. The van der Waals surface area contributed by atoms with Crippen LogP contribution in [0.1, 0.15) is 0 Å². The van der Waals surface area contributed by atoms with Crippen molar-refractivity contribution >= 4 is 0 Å². The van der Waals surface area contributed by atoms with Gasteiger partial charge in [0.1, 0.15) is 0 Å². The molecule has 0 aliphatic heterocycles. The van der Waals surface area contributed by atoms with E-state index in [2.05, 4.69) is 0 Å². The van der Waals surface area contributed by atoms with Crippen LogP contribution in [0.2, 0.25) is 0 Å². The highest BCUT2D eigenvalue weighted by atomic mass is 16.9. The fourth-order valence-electron chi connectivity index (χ4n) is 0.0962. The van der Waals surface area contributed by atoms with Gasteiger partial charge in [0.2, 0.25) is 0 Å². The summed E-state index contributed by atoms with van der Waals surface area (Å²) in [5, 5.41) is 22.1. The molecule has 62 valence electrons. The Labute approximate surface area is 57.4 Å². The molecule has 0 aliphatic rings. The highest BCUT2D eigenvalue weighted by molar-refractivity contribution is 4.52. The van der Waals surface area contributed by atoms with E-state index < -0.39 is 11.2 Å². The molecule has 0 bridgehead atoms. The van der Waals surface area contributed by atoms with Gasteiger partial charge in [0.05, 0.1) is 6.10 Å². The molecule has 0 aromatic carbocycles. The predicted molar refractivity (Wildman–Crippen MR) is 32.9 cm³/mol. The summed E-state index contributed by atoms with van der Waals surface area (Å²) >= 11 is 0. The average Bonchev–Trinajstić information content (AvgIpc) is 1.85. The van der Waals surface area contributed by atoms with Crippen molar-refractivity contribution in [3.8, 4) is 0 Å². The molecular formula is C3H11N3O4. The van der Waals surface area contributed by atoms with E-state index in [-0.39, 0.29) is 13.1 Å². The maximum Gasteiger partial charge on any atom is 0.291 e. The average molecular weight is 153 g/mol. The lowest BCUT2D eigenvalue weighted by Crippen LogP contribution is -2.27. The zero-order valence-electron chi connectivity index (χ0n) is 5.30. The number of rotatable bonds is 2.